The van der Waals surface area contributed by atoms with E-state index >= 15 is 0 Å². The van der Waals surface area contributed by atoms with Crippen molar-refractivity contribution in [3.8, 4) is 11.5 Å². The molecule has 1 N–H and O–H groups in total. The average molecular weight is 347 g/mol. The molecule has 2 fully saturated rings. The highest BCUT2D eigenvalue weighted by Gasteiger charge is 2.28. The summed E-state index contributed by atoms with van der Waals surface area (Å²) in [5, 5.41) is 9.17. The smallest absolute Gasteiger partial charge is 0.231 e. The molecule has 1 aromatic rings. The number of likely N-dealkylation sites (tertiary alicyclic amines) is 1. The van der Waals surface area contributed by atoms with Gasteiger partial charge in [0.25, 0.3) is 0 Å². The van der Waals surface area contributed by atoms with Crippen LogP contribution < -0.4 is 9.47 Å². The summed E-state index contributed by atoms with van der Waals surface area (Å²) in [7, 11) is 0. The fourth-order valence-corrected chi connectivity index (χ4v) is 4.26. The number of aliphatic hydroxyl groups excluding tert-OH is 1. The second-order valence-corrected chi connectivity index (χ2v) is 7.32. The van der Waals surface area contributed by atoms with Crippen molar-refractivity contribution in [2.24, 2.45) is 0 Å². The minimum atomic E-state index is 0.274. The maximum Gasteiger partial charge on any atom is 0.231 e. The van der Waals surface area contributed by atoms with Gasteiger partial charge in [0, 0.05) is 51.9 Å². The number of fused-ring (bicyclic) bond motifs is 1. The molecule has 6 heteroatoms. The van der Waals surface area contributed by atoms with E-state index in [4.69, 9.17) is 14.6 Å². The van der Waals surface area contributed by atoms with Crippen LogP contribution in [0.25, 0.3) is 0 Å². The molecular weight excluding hydrogens is 318 g/mol. The Morgan fingerprint density at radius 1 is 1.00 bits per heavy atom. The Morgan fingerprint density at radius 2 is 1.84 bits per heavy atom. The largest absolute Gasteiger partial charge is 0.454 e. The van der Waals surface area contributed by atoms with Crippen LogP contribution in [0.3, 0.4) is 0 Å². The van der Waals surface area contributed by atoms with Gasteiger partial charge in [-0.2, -0.15) is 0 Å². The molecule has 0 spiro atoms. The number of rotatable bonds is 5. The summed E-state index contributed by atoms with van der Waals surface area (Å²) in [4.78, 5) is 7.59. The molecule has 138 valence electrons. The lowest BCUT2D eigenvalue weighted by Gasteiger charge is -2.43. The van der Waals surface area contributed by atoms with Crippen molar-refractivity contribution >= 4 is 0 Å². The van der Waals surface area contributed by atoms with Gasteiger partial charge in [-0.15, -0.1) is 0 Å². The SMILES string of the molecule is OCCN1CCC[C@@H](N2CCN(Cc3ccc4c(c3)OCO4)CC2)C1. The van der Waals surface area contributed by atoms with Gasteiger partial charge in [0.15, 0.2) is 11.5 Å². The van der Waals surface area contributed by atoms with E-state index < -0.39 is 0 Å². The molecular formula is C19H29N3O3. The molecule has 3 aliphatic rings. The lowest BCUT2D eigenvalue weighted by atomic mass is 10.0. The Kier molecular flexibility index (Phi) is 5.41. The summed E-state index contributed by atoms with van der Waals surface area (Å²) < 4.78 is 10.9. The first-order valence-corrected chi connectivity index (χ1v) is 9.50. The Labute approximate surface area is 149 Å². The summed E-state index contributed by atoms with van der Waals surface area (Å²) in [6.45, 7) is 9.18. The van der Waals surface area contributed by atoms with Gasteiger partial charge in [0.1, 0.15) is 0 Å². The van der Waals surface area contributed by atoms with E-state index in [0.717, 1.165) is 63.9 Å². The normalized spacial score (nSPS) is 25.4. The fourth-order valence-electron chi connectivity index (χ4n) is 4.26. The van der Waals surface area contributed by atoms with Crippen LogP contribution in [0.4, 0.5) is 0 Å². The molecule has 0 aromatic heterocycles. The third-order valence-corrected chi connectivity index (χ3v) is 5.66. The third-order valence-electron chi connectivity index (χ3n) is 5.66. The number of β-amino-alcohol motifs (C(OH)–C–C–N with tert-alkyl or cyclic N) is 1. The molecule has 3 aliphatic heterocycles. The molecule has 3 heterocycles. The van der Waals surface area contributed by atoms with Gasteiger partial charge >= 0.3 is 0 Å². The predicted octanol–water partition coefficient (Wildman–Crippen LogP) is 0.990. The zero-order valence-corrected chi connectivity index (χ0v) is 14.9. The van der Waals surface area contributed by atoms with Gasteiger partial charge in [-0.25, -0.2) is 0 Å². The van der Waals surface area contributed by atoms with Crippen molar-refractivity contribution in [3.05, 3.63) is 23.8 Å². The summed E-state index contributed by atoms with van der Waals surface area (Å²) in [6.07, 6.45) is 2.55. The highest BCUT2D eigenvalue weighted by atomic mass is 16.7. The lowest BCUT2D eigenvalue weighted by molar-refractivity contribution is 0.0451. The molecule has 0 unspecified atom stereocenters. The monoisotopic (exact) mass is 347 g/mol. The summed E-state index contributed by atoms with van der Waals surface area (Å²) in [6, 6.07) is 6.94. The Morgan fingerprint density at radius 3 is 2.68 bits per heavy atom. The quantitative estimate of drug-likeness (QED) is 0.857. The second kappa shape index (κ2) is 7.91. The number of benzene rings is 1. The van der Waals surface area contributed by atoms with Crippen LogP contribution in [0.2, 0.25) is 0 Å². The second-order valence-electron chi connectivity index (χ2n) is 7.32. The van der Waals surface area contributed by atoms with Crippen LogP contribution in [0.1, 0.15) is 18.4 Å². The third kappa shape index (κ3) is 4.08. The maximum atomic E-state index is 9.17. The highest BCUT2D eigenvalue weighted by molar-refractivity contribution is 5.44. The van der Waals surface area contributed by atoms with E-state index in [-0.39, 0.29) is 6.61 Å². The van der Waals surface area contributed by atoms with Crippen molar-refractivity contribution in [3.63, 3.8) is 0 Å². The number of ether oxygens (including phenoxy) is 2. The first-order valence-electron chi connectivity index (χ1n) is 9.50. The van der Waals surface area contributed by atoms with Gasteiger partial charge in [-0.3, -0.25) is 14.7 Å². The standard InChI is InChI=1S/C19H29N3O3/c23-11-10-20-5-1-2-17(14-20)22-8-6-21(7-9-22)13-16-3-4-18-19(12-16)25-15-24-18/h3-4,12,17,23H,1-2,5-11,13-15H2/t17-/m1/s1. The number of nitrogens with zero attached hydrogens (tertiary/aromatic N) is 3. The van der Waals surface area contributed by atoms with E-state index in [2.05, 4.69) is 26.8 Å². The maximum absolute atomic E-state index is 9.17. The Hall–Kier alpha value is -1.34. The number of hydrogen-bond donors (Lipinski definition) is 1. The number of aliphatic hydroxyl groups is 1. The molecule has 2 saturated heterocycles. The van der Waals surface area contributed by atoms with E-state index in [1.165, 1.54) is 18.4 Å². The molecule has 0 saturated carbocycles. The van der Waals surface area contributed by atoms with Crippen LogP contribution >= 0.6 is 0 Å². The summed E-state index contributed by atoms with van der Waals surface area (Å²) in [5.74, 6) is 1.74. The topological polar surface area (TPSA) is 48.4 Å². The van der Waals surface area contributed by atoms with Gasteiger partial charge in [0.05, 0.1) is 6.61 Å². The first kappa shape index (κ1) is 17.1. The first-order chi connectivity index (χ1) is 12.3. The molecule has 6 nitrogen and oxygen atoms in total. The number of piperazine rings is 1. The van der Waals surface area contributed by atoms with Gasteiger partial charge < -0.3 is 14.6 Å². The molecule has 1 aromatic carbocycles. The van der Waals surface area contributed by atoms with Gasteiger partial charge in [-0.05, 0) is 37.1 Å². The molecule has 0 radical (unpaired) electrons. The molecule has 0 aliphatic carbocycles. The van der Waals surface area contributed by atoms with Crippen LogP contribution in [0.15, 0.2) is 18.2 Å². The molecule has 0 amide bonds. The zero-order valence-electron chi connectivity index (χ0n) is 14.9. The van der Waals surface area contributed by atoms with Crippen LogP contribution in [-0.4, -0.2) is 85.1 Å². The minimum Gasteiger partial charge on any atom is -0.454 e. The van der Waals surface area contributed by atoms with E-state index in [0.29, 0.717) is 12.8 Å². The lowest BCUT2D eigenvalue weighted by Crippen LogP contribution is -2.55. The Balaban J connectivity index is 1.27. The van der Waals surface area contributed by atoms with Gasteiger partial charge in [-0.1, -0.05) is 6.07 Å². The highest BCUT2D eigenvalue weighted by Crippen LogP contribution is 2.32. The summed E-state index contributed by atoms with van der Waals surface area (Å²) >= 11 is 0. The Bertz CT molecular complexity index is 573. The van der Waals surface area contributed by atoms with Crippen molar-refractivity contribution < 1.29 is 14.6 Å². The molecule has 0 bridgehead atoms. The van der Waals surface area contributed by atoms with Crippen molar-refractivity contribution in [2.45, 2.75) is 25.4 Å². The number of hydrogen-bond acceptors (Lipinski definition) is 6. The van der Waals surface area contributed by atoms with Crippen molar-refractivity contribution in [2.75, 3.05) is 59.2 Å². The van der Waals surface area contributed by atoms with E-state index in [9.17, 15) is 0 Å². The van der Waals surface area contributed by atoms with Gasteiger partial charge in [0.2, 0.25) is 6.79 Å². The van der Waals surface area contributed by atoms with Crippen molar-refractivity contribution in [1.82, 2.24) is 14.7 Å². The zero-order chi connectivity index (χ0) is 17.1. The van der Waals surface area contributed by atoms with E-state index in [1.807, 2.05) is 6.07 Å². The predicted molar refractivity (Wildman–Crippen MR) is 96.0 cm³/mol. The number of piperidine rings is 1. The van der Waals surface area contributed by atoms with Crippen LogP contribution in [-0.2, 0) is 6.54 Å². The van der Waals surface area contributed by atoms with Crippen LogP contribution in [0, 0.1) is 0 Å². The molecule has 1 atom stereocenters. The van der Waals surface area contributed by atoms with Crippen LogP contribution in [0.5, 0.6) is 11.5 Å². The molecule has 4 rings (SSSR count). The van der Waals surface area contributed by atoms with Crippen molar-refractivity contribution in [1.29, 1.82) is 0 Å². The average Bonchev–Trinajstić information content (AvgIpc) is 3.11. The molecule has 25 heavy (non-hydrogen) atoms. The summed E-state index contributed by atoms with van der Waals surface area (Å²) in [5.41, 5.74) is 1.30. The van der Waals surface area contributed by atoms with E-state index in [1.54, 1.807) is 0 Å². The minimum absolute atomic E-state index is 0.274. The fraction of sp³-hybridized carbons (Fsp3) is 0.684.